The molecule has 27 heavy (non-hydrogen) atoms. The van der Waals surface area contributed by atoms with Crippen LogP contribution in [0.4, 0.5) is 27.6 Å². The summed E-state index contributed by atoms with van der Waals surface area (Å²) in [6, 6.07) is 3.73. The number of unbranched alkanes of at least 4 members (excludes halogenated alkanes) is 1. The number of para-hydroxylation sites is 1. The molecule has 1 aliphatic heterocycles. The van der Waals surface area contributed by atoms with Gasteiger partial charge in [-0.1, -0.05) is 6.07 Å². The number of rotatable bonds is 7. The van der Waals surface area contributed by atoms with Crippen LogP contribution in [-0.2, 0) is 0 Å². The van der Waals surface area contributed by atoms with E-state index < -0.39 is 24.2 Å². The lowest BCUT2D eigenvalue weighted by Crippen LogP contribution is -2.44. The van der Waals surface area contributed by atoms with Gasteiger partial charge in [0.2, 0.25) is 0 Å². The maximum absolute atomic E-state index is 13.9. The lowest BCUT2D eigenvalue weighted by molar-refractivity contribution is -0.135. The first-order chi connectivity index (χ1) is 12.8. The molecule has 1 unspecified atom stereocenters. The van der Waals surface area contributed by atoms with E-state index in [2.05, 4.69) is 15.6 Å². The van der Waals surface area contributed by atoms with Crippen molar-refractivity contribution >= 4 is 11.6 Å². The van der Waals surface area contributed by atoms with Gasteiger partial charge in [-0.25, -0.2) is 8.78 Å². The summed E-state index contributed by atoms with van der Waals surface area (Å²) in [5.41, 5.74) is -0.0316. The second kappa shape index (κ2) is 9.75. The van der Waals surface area contributed by atoms with E-state index in [1.165, 1.54) is 18.2 Å². The van der Waals surface area contributed by atoms with Crippen LogP contribution in [0.1, 0.15) is 32.6 Å². The highest BCUT2D eigenvalue weighted by Crippen LogP contribution is 2.26. The summed E-state index contributed by atoms with van der Waals surface area (Å²) in [7, 11) is 0. The molecule has 2 rings (SSSR count). The zero-order valence-electron chi connectivity index (χ0n) is 15.3. The number of aliphatic imine (C=N–C) groups is 1. The van der Waals surface area contributed by atoms with Gasteiger partial charge in [0.15, 0.2) is 5.96 Å². The SMILES string of the molecule is CCNC(=NCCCCC(F)(F)F)NC1CCN(c2c(F)cccc2F)C1. The van der Waals surface area contributed by atoms with Crippen molar-refractivity contribution in [2.75, 3.05) is 31.1 Å². The van der Waals surface area contributed by atoms with Crippen molar-refractivity contribution in [1.82, 2.24) is 10.6 Å². The Kier molecular flexibility index (Phi) is 7.67. The molecule has 0 saturated carbocycles. The largest absolute Gasteiger partial charge is 0.389 e. The molecule has 1 aromatic carbocycles. The van der Waals surface area contributed by atoms with Crippen molar-refractivity contribution in [3.05, 3.63) is 29.8 Å². The van der Waals surface area contributed by atoms with Crippen molar-refractivity contribution in [1.29, 1.82) is 0 Å². The average Bonchev–Trinajstić information content (AvgIpc) is 3.01. The highest BCUT2D eigenvalue weighted by molar-refractivity contribution is 5.80. The van der Waals surface area contributed by atoms with E-state index in [1.54, 1.807) is 4.90 Å². The molecular weight excluding hydrogens is 367 g/mol. The lowest BCUT2D eigenvalue weighted by Gasteiger charge is -2.21. The van der Waals surface area contributed by atoms with Crippen molar-refractivity contribution in [2.45, 2.75) is 44.8 Å². The maximum atomic E-state index is 13.9. The summed E-state index contributed by atoms with van der Waals surface area (Å²) >= 11 is 0. The first-order valence-electron chi connectivity index (χ1n) is 9.10. The van der Waals surface area contributed by atoms with E-state index in [1.807, 2.05) is 6.92 Å². The third kappa shape index (κ3) is 6.88. The van der Waals surface area contributed by atoms with E-state index in [-0.39, 0.29) is 24.7 Å². The van der Waals surface area contributed by atoms with Crippen LogP contribution >= 0.6 is 0 Å². The Bertz CT molecular complexity index is 612. The number of nitrogens with zero attached hydrogens (tertiary/aromatic N) is 2. The van der Waals surface area contributed by atoms with Crippen LogP contribution in [-0.4, -0.2) is 44.4 Å². The second-order valence-electron chi connectivity index (χ2n) is 6.48. The van der Waals surface area contributed by atoms with Crippen molar-refractivity contribution in [3.8, 4) is 0 Å². The molecule has 1 fully saturated rings. The first kappa shape index (κ1) is 21.2. The average molecular weight is 392 g/mol. The number of hydrogen-bond donors (Lipinski definition) is 2. The van der Waals surface area contributed by atoms with Gasteiger partial charge in [0.05, 0.1) is 0 Å². The van der Waals surface area contributed by atoms with Gasteiger partial charge in [0, 0.05) is 38.6 Å². The van der Waals surface area contributed by atoms with Crippen molar-refractivity contribution < 1.29 is 22.0 Å². The highest BCUT2D eigenvalue weighted by Gasteiger charge is 2.27. The fraction of sp³-hybridized carbons (Fsp3) is 0.611. The molecular formula is C18H25F5N4. The van der Waals surface area contributed by atoms with Crippen molar-refractivity contribution in [2.24, 2.45) is 4.99 Å². The number of benzene rings is 1. The van der Waals surface area contributed by atoms with Gasteiger partial charge in [-0.05, 0) is 38.3 Å². The quantitative estimate of drug-likeness (QED) is 0.321. The van der Waals surface area contributed by atoms with Gasteiger partial charge >= 0.3 is 6.18 Å². The minimum absolute atomic E-state index is 0.0316. The maximum Gasteiger partial charge on any atom is 0.389 e. The molecule has 0 amide bonds. The van der Waals surface area contributed by atoms with Crippen LogP contribution < -0.4 is 15.5 Å². The van der Waals surface area contributed by atoms with Crippen LogP contribution in [0, 0.1) is 11.6 Å². The normalized spacial score (nSPS) is 18.1. The lowest BCUT2D eigenvalue weighted by atomic mass is 10.2. The number of guanidine groups is 1. The van der Waals surface area contributed by atoms with E-state index in [0.29, 0.717) is 38.4 Å². The Hall–Kier alpha value is -2.06. The Morgan fingerprint density at radius 1 is 1.22 bits per heavy atom. The van der Waals surface area contributed by atoms with Crippen LogP contribution in [0.15, 0.2) is 23.2 Å². The predicted octanol–water partition coefficient (Wildman–Crippen LogP) is 3.83. The predicted molar refractivity (Wildman–Crippen MR) is 96.0 cm³/mol. The minimum Gasteiger partial charge on any atom is -0.365 e. The molecule has 2 N–H and O–H groups in total. The van der Waals surface area contributed by atoms with Gasteiger partial charge in [-0.2, -0.15) is 13.2 Å². The van der Waals surface area contributed by atoms with Gasteiger partial charge in [-0.15, -0.1) is 0 Å². The van der Waals surface area contributed by atoms with E-state index >= 15 is 0 Å². The molecule has 0 spiro atoms. The monoisotopic (exact) mass is 392 g/mol. The molecule has 0 radical (unpaired) electrons. The molecule has 0 bridgehead atoms. The van der Waals surface area contributed by atoms with Crippen molar-refractivity contribution in [3.63, 3.8) is 0 Å². The fourth-order valence-corrected chi connectivity index (χ4v) is 3.01. The first-order valence-corrected chi connectivity index (χ1v) is 9.10. The Labute approximate surface area is 155 Å². The van der Waals surface area contributed by atoms with Gasteiger partial charge < -0.3 is 15.5 Å². The number of nitrogens with one attached hydrogen (secondary N) is 2. The van der Waals surface area contributed by atoms with E-state index in [0.717, 1.165) is 0 Å². The Morgan fingerprint density at radius 3 is 2.56 bits per heavy atom. The molecule has 0 aromatic heterocycles. The van der Waals surface area contributed by atoms with Gasteiger partial charge in [0.1, 0.15) is 17.3 Å². The van der Waals surface area contributed by atoms with E-state index in [4.69, 9.17) is 0 Å². The minimum atomic E-state index is -4.14. The molecule has 1 heterocycles. The van der Waals surface area contributed by atoms with Gasteiger partial charge in [-0.3, -0.25) is 4.99 Å². The Balaban J connectivity index is 1.87. The summed E-state index contributed by atoms with van der Waals surface area (Å²) in [6.07, 6.45) is -3.89. The fourth-order valence-electron chi connectivity index (χ4n) is 3.01. The molecule has 1 atom stereocenters. The summed E-state index contributed by atoms with van der Waals surface area (Å²) in [5, 5.41) is 6.24. The highest BCUT2D eigenvalue weighted by atomic mass is 19.4. The molecule has 9 heteroatoms. The van der Waals surface area contributed by atoms with E-state index in [9.17, 15) is 22.0 Å². The van der Waals surface area contributed by atoms with Crippen LogP contribution in [0.3, 0.4) is 0 Å². The molecule has 4 nitrogen and oxygen atoms in total. The number of anilines is 1. The standard InChI is InChI=1S/C18H25F5N4/c1-2-24-17(25-10-4-3-9-18(21,22)23)26-13-8-11-27(12-13)16-14(19)6-5-7-15(16)20/h5-7,13H,2-4,8-12H2,1H3,(H2,24,25,26). The summed E-state index contributed by atoms with van der Waals surface area (Å²) < 4.78 is 64.3. The molecule has 152 valence electrons. The molecule has 1 saturated heterocycles. The summed E-state index contributed by atoms with van der Waals surface area (Å²) in [6.45, 7) is 3.68. The number of alkyl halides is 3. The second-order valence-corrected chi connectivity index (χ2v) is 6.48. The number of halogens is 5. The zero-order valence-corrected chi connectivity index (χ0v) is 15.3. The van der Waals surface area contributed by atoms with Gasteiger partial charge in [0.25, 0.3) is 0 Å². The van der Waals surface area contributed by atoms with Crippen LogP contribution in [0.2, 0.25) is 0 Å². The molecule has 0 aliphatic carbocycles. The Morgan fingerprint density at radius 2 is 1.93 bits per heavy atom. The molecule has 1 aromatic rings. The van der Waals surface area contributed by atoms with Crippen LogP contribution in [0.5, 0.6) is 0 Å². The third-order valence-electron chi connectivity index (χ3n) is 4.27. The van der Waals surface area contributed by atoms with Crippen LogP contribution in [0.25, 0.3) is 0 Å². The zero-order chi connectivity index (χ0) is 19.9. The summed E-state index contributed by atoms with van der Waals surface area (Å²) in [4.78, 5) is 5.94. The number of hydrogen-bond acceptors (Lipinski definition) is 2. The summed E-state index contributed by atoms with van der Waals surface area (Å²) in [5.74, 6) is -0.688. The molecule has 1 aliphatic rings. The smallest absolute Gasteiger partial charge is 0.365 e. The third-order valence-corrected chi connectivity index (χ3v) is 4.27. The topological polar surface area (TPSA) is 39.7 Å².